The monoisotopic (exact) mass is 273 g/mol. The van der Waals surface area contributed by atoms with Crippen molar-refractivity contribution in [3.05, 3.63) is 30.1 Å². The molecule has 1 N–H and O–H groups in total. The number of hydrogen-bond acceptors (Lipinski definition) is 5. The van der Waals surface area contributed by atoms with Crippen molar-refractivity contribution in [2.45, 2.75) is 13.3 Å². The molecule has 0 amide bonds. The van der Waals surface area contributed by atoms with Crippen LogP contribution in [-0.4, -0.2) is 31.2 Å². The zero-order valence-electron chi connectivity index (χ0n) is 12.2. The maximum absolute atomic E-state index is 5.34. The zero-order chi connectivity index (χ0) is 14.5. The summed E-state index contributed by atoms with van der Waals surface area (Å²) in [5.41, 5.74) is 2.98. The summed E-state index contributed by atoms with van der Waals surface area (Å²) in [4.78, 5) is 8.66. The summed E-state index contributed by atoms with van der Waals surface area (Å²) in [6, 6.07) is 5.79. The van der Waals surface area contributed by atoms with Gasteiger partial charge in [0, 0.05) is 18.2 Å². The van der Waals surface area contributed by atoms with E-state index in [0.29, 0.717) is 11.5 Å². The second-order valence-electron chi connectivity index (χ2n) is 4.22. The number of hydrogen-bond donors (Lipinski definition) is 1. The molecule has 1 heterocycles. The van der Waals surface area contributed by atoms with Crippen molar-refractivity contribution in [3.63, 3.8) is 0 Å². The van der Waals surface area contributed by atoms with Crippen molar-refractivity contribution >= 4 is 5.82 Å². The Kier molecular flexibility index (Phi) is 4.40. The van der Waals surface area contributed by atoms with Crippen LogP contribution in [0.3, 0.4) is 0 Å². The van der Waals surface area contributed by atoms with E-state index in [2.05, 4.69) is 22.2 Å². The van der Waals surface area contributed by atoms with Crippen molar-refractivity contribution in [2.75, 3.05) is 26.6 Å². The molecule has 2 aromatic rings. The summed E-state index contributed by atoms with van der Waals surface area (Å²) in [6.45, 7) is 2.09. The highest BCUT2D eigenvalue weighted by Crippen LogP contribution is 2.33. The third kappa shape index (κ3) is 2.52. The fourth-order valence-electron chi connectivity index (χ4n) is 2.19. The quantitative estimate of drug-likeness (QED) is 0.907. The lowest BCUT2D eigenvalue weighted by atomic mass is 10.0. The lowest BCUT2D eigenvalue weighted by Gasteiger charge is -2.13. The third-order valence-corrected chi connectivity index (χ3v) is 3.19. The van der Waals surface area contributed by atoms with E-state index in [4.69, 9.17) is 9.47 Å². The van der Waals surface area contributed by atoms with Crippen LogP contribution in [0.15, 0.2) is 24.5 Å². The van der Waals surface area contributed by atoms with Gasteiger partial charge in [-0.1, -0.05) is 6.92 Å². The predicted molar refractivity (Wildman–Crippen MR) is 79.5 cm³/mol. The minimum Gasteiger partial charge on any atom is -0.493 e. The van der Waals surface area contributed by atoms with Gasteiger partial charge in [-0.15, -0.1) is 0 Å². The van der Waals surface area contributed by atoms with Crippen LogP contribution in [0.5, 0.6) is 11.5 Å². The number of nitrogens with one attached hydrogen (secondary N) is 1. The predicted octanol–water partition coefficient (Wildman–Crippen LogP) is 2.76. The van der Waals surface area contributed by atoms with Gasteiger partial charge in [0.25, 0.3) is 0 Å². The van der Waals surface area contributed by atoms with Crippen LogP contribution in [-0.2, 0) is 6.42 Å². The average Bonchev–Trinajstić information content (AvgIpc) is 2.53. The molecule has 5 nitrogen and oxygen atoms in total. The van der Waals surface area contributed by atoms with E-state index in [1.165, 1.54) is 0 Å². The van der Waals surface area contributed by atoms with Gasteiger partial charge >= 0.3 is 0 Å². The molecule has 0 saturated heterocycles. The van der Waals surface area contributed by atoms with Crippen LogP contribution in [0.2, 0.25) is 0 Å². The minimum atomic E-state index is 0.691. The lowest BCUT2D eigenvalue weighted by Crippen LogP contribution is -2.02. The Morgan fingerprint density at radius 1 is 1.10 bits per heavy atom. The summed E-state index contributed by atoms with van der Waals surface area (Å²) in [6.07, 6.45) is 2.41. The van der Waals surface area contributed by atoms with Gasteiger partial charge in [0.15, 0.2) is 11.5 Å². The minimum absolute atomic E-state index is 0.691. The Bertz CT molecular complexity index is 600. The molecule has 0 unspecified atom stereocenters. The summed E-state index contributed by atoms with van der Waals surface area (Å²) in [5.74, 6) is 2.25. The van der Waals surface area contributed by atoms with Gasteiger partial charge in [-0.2, -0.15) is 0 Å². The van der Waals surface area contributed by atoms with Crippen LogP contribution in [0.1, 0.15) is 12.5 Å². The lowest BCUT2D eigenvalue weighted by molar-refractivity contribution is 0.355. The third-order valence-electron chi connectivity index (χ3n) is 3.19. The first-order valence-corrected chi connectivity index (χ1v) is 6.49. The number of benzene rings is 1. The maximum atomic E-state index is 5.34. The summed E-state index contributed by atoms with van der Waals surface area (Å²) in [5, 5.41) is 3.10. The average molecular weight is 273 g/mol. The second-order valence-corrected chi connectivity index (χ2v) is 4.22. The molecule has 0 radical (unpaired) electrons. The van der Waals surface area contributed by atoms with Crippen molar-refractivity contribution < 1.29 is 9.47 Å². The first-order valence-electron chi connectivity index (χ1n) is 6.49. The molecule has 0 aliphatic heterocycles. The van der Waals surface area contributed by atoms with Gasteiger partial charge < -0.3 is 14.8 Å². The van der Waals surface area contributed by atoms with Gasteiger partial charge in [0.05, 0.1) is 19.9 Å². The normalized spacial score (nSPS) is 10.2. The number of ether oxygens (including phenoxy) is 2. The van der Waals surface area contributed by atoms with E-state index >= 15 is 0 Å². The Balaban J connectivity index is 2.56. The van der Waals surface area contributed by atoms with Gasteiger partial charge in [-0.25, -0.2) is 9.97 Å². The van der Waals surface area contributed by atoms with Crippen molar-refractivity contribution in [2.24, 2.45) is 0 Å². The van der Waals surface area contributed by atoms with E-state index < -0.39 is 0 Å². The highest BCUT2D eigenvalue weighted by molar-refractivity contribution is 5.70. The molecule has 0 aliphatic carbocycles. The van der Waals surface area contributed by atoms with Crippen LogP contribution < -0.4 is 14.8 Å². The molecule has 5 heteroatoms. The molecule has 106 valence electrons. The Hall–Kier alpha value is -2.30. The SMILES string of the molecule is CCc1c(NC)ncnc1-c1ccc(OC)c(OC)c1. The molecular weight excluding hydrogens is 254 g/mol. The molecule has 20 heavy (non-hydrogen) atoms. The molecule has 0 atom stereocenters. The van der Waals surface area contributed by atoms with E-state index in [1.54, 1.807) is 20.5 Å². The van der Waals surface area contributed by atoms with Crippen LogP contribution in [0.25, 0.3) is 11.3 Å². The molecule has 1 aromatic heterocycles. The van der Waals surface area contributed by atoms with Gasteiger partial charge in [0.1, 0.15) is 12.1 Å². The number of methoxy groups -OCH3 is 2. The summed E-state index contributed by atoms with van der Waals surface area (Å²) in [7, 11) is 5.11. The van der Waals surface area contributed by atoms with Crippen LogP contribution in [0, 0.1) is 0 Å². The molecule has 0 bridgehead atoms. The summed E-state index contributed by atoms with van der Waals surface area (Å²) >= 11 is 0. The van der Waals surface area contributed by atoms with E-state index in [9.17, 15) is 0 Å². The molecule has 0 saturated carbocycles. The first-order chi connectivity index (χ1) is 9.74. The molecule has 1 aromatic carbocycles. The van der Waals surface area contributed by atoms with E-state index in [-0.39, 0.29) is 0 Å². The molecule has 2 rings (SSSR count). The Morgan fingerprint density at radius 2 is 1.85 bits per heavy atom. The molecule has 0 spiro atoms. The van der Waals surface area contributed by atoms with E-state index in [0.717, 1.165) is 29.1 Å². The van der Waals surface area contributed by atoms with E-state index in [1.807, 2.05) is 25.2 Å². The van der Waals surface area contributed by atoms with Crippen LogP contribution in [0.4, 0.5) is 5.82 Å². The Morgan fingerprint density at radius 3 is 2.45 bits per heavy atom. The fraction of sp³-hybridized carbons (Fsp3) is 0.333. The van der Waals surface area contributed by atoms with Gasteiger partial charge in [-0.05, 0) is 24.6 Å². The standard InChI is InChI=1S/C15H19N3O2/c1-5-11-14(17-9-18-15(11)16-2)10-6-7-12(19-3)13(8-10)20-4/h6-9H,5H2,1-4H3,(H,16,17,18). The van der Waals surface area contributed by atoms with Gasteiger partial charge in [-0.3, -0.25) is 0 Å². The van der Waals surface area contributed by atoms with Crippen molar-refractivity contribution in [1.82, 2.24) is 9.97 Å². The largest absolute Gasteiger partial charge is 0.493 e. The molecular formula is C15H19N3O2. The fourth-order valence-corrected chi connectivity index (χ4v) is 2.19. The maximum Gasteiger partial charge on any atom is 0.161 e. The number of nitrogens with zero attached hydrogens (tertiary/aromatic N) is 2. The highest BCUT2D eigenvalue weighted by Gasteiger charge is 2.13. The second kappa shape index (κ2) is 6.23. The summed E-state index contributed by atoms with van der Waals surface area (Å²) < 4.78 is 10.6. The van der Waals surface area contributed by atoms with Crippen LogP contribution >= 0.6 is 0 Å². The van der Waals surface area contributed by atoms with Gasteiger partial charge in [0.2, 0.25) is 0 Å². The first kappa shape index (κ1) is 14.1. The molecule has 0 aliphatic rings. The zero-order valence-corrected chi connectivity index (χ0v) is 12.2. The topological polar surface area (TPSA) is 56.3 Å². The highest BCUT2D eigenvalue weighted by atomic mass is 16.5. The number of aromatic nitrogens is 2. The van der Waals surface area contributed by atoms with Crippen molar-refractivity contribution in [3.8, 4) is 22.8 Å². The van der Waals surface area contributed by atoms with Crippen molar-refractivity contribution in [1.29, 1.82) is 0 Å². The number of rotatable bonds is 5. The number of anilines is 1. The molecule has 0 fully saturated rings. The Labute approximate surface area is 119 Å². The smallest absolute Gasteiger partial charge is 0.161 e.